The van der Waals surface area contributed by atoms with Crippen molar-refractivity contribution in [3.05, 3.63) is 84.7 Å². The van der Waals surface area contributed by atoms with E-state index in [-0.39, 0.29) is 0 Å². The number of hydrogen-bond donors (Lipinski definition) is 1. The molecule has 0 saturated carbocycles. The molecule has 1 aromatic heterocycles. The van der Waals surface area contributed by atoms with Crippen molar-refractivity contribution >= 4 is 17.2 Å². The highest BCUT2D eigenvalue weighted by Gasteiger charge is 2.06. The van der Waals surface area contributed by atoms with E-state index in [2.05, 4.69) is 10.3 Å². The van der Waals surface area contributed by atoms with E-state index in [0.29, 0.717) is 6.61 Å². The van der Waals surface area contributed by atoms with E-state index in [4.69, 9.17) is 9.73 Å². The summed E-state index contributed by atoms with van der Waals surface area (Å²) in [6.45, 7) is 2.63. The highest BCUT2D eigenvalue weighted by atomic mass is 16.5. The molecule has 4 heteroatoms. The third kappa shape index (κ3) is 4.20. The van der Waals surface area contributed by atoms with Crippen LogP contribution in [0.2, 0.25) is 0 Å². The fraction of sp³-hybridized carbons (Fsp3) is 0.100. The van der Waals surface area contributed by atoms with E-state index in [0.717, 1.165) is 28.5 Å². The quantitative estimate of drug-likeness (QED) is 0.569. The first-order chi connectivity index (χ1) is 11.8. The molecule has 0 amide bonds. The van der Waals surface area contributed by atoms with Crippen molar-refractivity contribution in [2.24, 2.45) is 4.99 Å². The lowest BCUT2D eigenvalue weighted by atomic mass is 10.2. The van der Waals surface area contributed by atoms with Gasteiger partial charge in [0.15, 0.2) is 12.4 Å². The minimum Gasteiger partial charge on any atom is -0.494 e. The Labute approximate surface area is 141 Å². The van der Waals surface area contributed by atoms with Crippen molar-refractivity contribution in [1.29, 1.82) is 0 Å². The van der Waals surface area contributed by atoms with Gasteiger partial charge in [0, 0.05) is 11.6 Å². The van der Waals surface area contributed by atoms with Gasteiger partial charge in [-0.1, -0.05) is 30.3 Å². The average Bonchev–Trinajstić information content (AvgIpc) is 2.65. The molecule has 2 N–H and O–H groups in total. The van der Waals surface area contributed by atoms with E-state index in [9.17, 15) is 0 Å². The first-order valence-electron chi connectivity index (χ1n) is 7.95. The molecule has 0 aliphatic heterocycles. The van der Waals surface area contributed by atoms with Gasteiger partial charge in [-0.25, -0.2) is 9.98 Å². The van der Waals surface area contributed by atoms with Crippen LogP contribution in [0.3, 0.4) is 0 Å². The molecule has 0 fully saturated rings. The molecule has 1 heterocycles. The van der Waals surface area contributed by atoms with Gasteiger partial charge in [0.2, 0.25) is 0 Å². The number of ether oxygens (including phenoxy) is 1. The van der Waals surface area contributed by atoms with Crippen LogP contribution in [0.4, 0.5) is 11.4 Å². The highest BCUT2D eigenvalue weighted by Crippen LogP contribution is 2.20. The number of benzene rings is 2. The maximum Gasteiger partial charge on any atom is 0.190 e. The lowest BCUT2D eigenvalue weighted by molar-refractivity contribution is -0.377. The number of amidine groups is 1. The molecule has 0 bridgehead atoms. The third-order valence-electron chi connectivity index (χ3n) is 3.41. The molecule has 0 saturated heterocycles. The predicted molar refractivity (Wildman–Crippen MR) is 96.9 cm³/mol. The van der Waals surface area contributed by atoms with Crippen LogP contribution < -0.4 is 15.0 Å². The van der Waals surface area contributed by atoms with Gasteiger partial charge in [-0.15, -0.1) is 0 Å². The Hall–Kier alpha value is -3.14. The summed E-state index contributed by atoms with van der Waals surface area (Å²) in [6, 6.07) is 21.8. The number of aromatic amines is 1. The van der Waals surface area contributed by atoms with Gasteiger partial charge in [-0.3, -0.25) is 0 Å². The van der Waals surface area contributed by atoms with Crippen molar-refractivity contribution in [2.75, 3.05) is 11.9 Å². The van der Waals surface area contributed by atoms with Crippen LogP contribution in [0.15, 0.2) is 84.1 Å². The first kappa shape index (κ1) is 15.7. The second-order valence-electron chi connectivity index (χ2n) is 5.17. The molecular weight excluding hydrogens is 298 g/mol. The maximum absolute atomic E-state index is 5.48. The number of rotatable bonds is 5. The highest BCUT2D eigenvalue weighted by molar-refractivity contribution is 6.09. The summed E-state index contributed by atoms with van der Waals surface area (Å²) in [7, 11) is 0. The molecule has 0 unspecified atom stereocenters. The predicted octanol–water partition coefficient (Wildman–Crippen LogP) is 4.09. The van der Waals surface area contributed by atoms with E-state index in [1.165, 1.54) is 0 Å². The number of anilines is 1. The molecule has 2 aromatic carbocycles. The van der Waals surface area contributed by atoms with E-state index >= 15 is 0 Å². The number of hydrogen-bond acceptors (Lipinski definition) is 2. The maximum atomic E-state index is 5.48. The van der Waals surface area contributed by atoms with Crippen molar-refractivity contribution in [2.45, 2.75) is 6.92 Å². The minimum atomic E-state index is 0.657. The molecule has 0 aliphatic carbocycles. The summed E-state index contributed by atoms with van der Waals surface area (Å²) in [5.41, 5.74) is 2.84. The van der Waals surface area contributed by atoms with Gasteiger partial charge in [0.05, 0.1) is 12.3 Å². The monoisotopic (exact) mass is 318 g/mol. The Bertz CT molecular complexity index is 784. The van der Waals surface area contributed by atoms with Gasteiger partial charge in [-0.2, -0.15) is 0 Å². The molecule has 3 rings (SSSR count). The first-order valence-corrected chi connectivity index (χ1v) is 7.95. The van der Waals surface area contributed by atoms with Gasteiger partial charge in [0.1, 0.15) is 17.3 Å². The smallest absolute Gasteiger partial charge is 0.190 e. The van der Waals surface area contributed by atoms with Crippen LogP contribution in [0, 0.1) is 0 Å². The zero-order valence-corrected chi connectivity index (χ0v) is 13.6. The number of aliphatic imine (C=N–C) groups is 1. The normalized spacial score (nSPS) is 11.1. The zero-order valence-electron chi connectivity index (χ0n) is 13.6. The molecule has 0 radical (unpaired) electrons. The molecule has 0 spiro atoms. The SMILES string of the molecule is CCOc1ccc(N=C(Nc2ccc[nH+]c2)c2ccccc2)cc1. The van der Waals surface area contributed by atoms with Crippen LogP contribution >= 0.6 is 0 Å². The largest absolute Gasteiger partial charge is 0.494 e. The Morgan fingerprint density at radius 3 is 2.46 bits per heavy atom. The van der Waals surface area contributed by atoms with Gasteiger partial charge in [-0.05, 0) is 37.3 Å². The summed E-state index contributed by atoms with van der Waals surface area (Å²) < 4.78 is 5.48. The van der Waals surface area contributed by atoms with Crippen molar-refractivity contribution in [3.63, 3.8) is 0 Å². The summed E-state index contributed by atoms with van der Waals surface area (Å²) in [5, 5.41) is 3.37. The zero-order chi connectivity index (χ0) is 16.6. The minimum absolute atomic E-state index is 0.657. The number of nitrogens with zero attached hydrogens (tertiary/aromatic N) is 1. The van der Waals surface area contributed by atoms with Gasteiger partial charge in [0.25, 0.3) is 0 Å². The fourth-order valence-corrected chi connectivity index (χ4v) is 2.28. The number of aromatic nitrogens is 1. The topological polar surface area (TPSA) is 47.8 Å². The number of pyridine rings is 1. The van der Waals surface area contributed by atoms with Crippen molar-refractivity contribution in [3.8, 4) is 5.75 Å². The molecule has 0 aliphatic rings. The lowest BCUT2D eigenvalue weighted by Gasteiger charge is -2.09. The van der Waals surface area contributed by atoms with Crippen LogP contribution in [0.25, 0.3) is 0 Å². The number of H-pyrrole nitrogens is 1. The molecule has 3 aromatic rings. The molecule has 4 nitrogen and oxygen atoms in total. The Balaban J connectivity index is 1.91. The van der Waals surface area contributed by atoms with Gasteiger partial charge >= 0.3 is 0 Å². The average molecular weight is 318 g/mol. The fourth-order valence-electron chi connectivity index (χ4n) is 2.28. The Morgan fingerprint density at radius 2 is 1.79 bits per heavy atom. The third-order valence-corrected chi connectivity index (χ3v) is 3.41. The number of nitrogens with one attached hydrogen (secondary N) is 2. The van der Waals surface area contributed by atoms with E-state index < -0.39 is 0 Å². The Morgan fingerprint density at radius 1 is 1.00 bits per heavy atom. The lowest BCUT2D eigenvalue weighted by Crippen LogP contribution is -2.15. The van der Waals surface area contributed by atoms with E-state index in [1.807, 2.05) is 86.0 Å². The van der Waals surface area contributed by atoms with Crippen LogP contribution in [0.5, 0.6) is 5.75 Å². The summed E-state index contributed by atoms with van der Waals surface area (Å²) in [4.78, 5) is 7.83. The summed E-state index contributed by atoms with van der Waals surface area (Å²) in [6.07, 6.45) is 3.77. The standard InChI is InChI=1S/C20H19N3O/c1-2-24-19-12-10-17(11-13-19)22-20(16-7-4-3-5-8-16)23-18-9-6-14-21-15-18/h3-15H,2H2,1H3,(H,22,23)/p+1. The summed E-state index contributed by atoms with van der Waals surface area (Å²) in [5.74, 6) is 1.64. The van der Waals surface area contributed by atoms with E-state index in [1.54, 1.807) is 0 Å². The second kappa shape index (κ2) is 7.92. The van der Waals surface area contributed by atoms with Crippen molar-refractivity contribution in [1.82, 2.24) is 0 Å². The second-order valence-corrected chi connectivity index (χ2v) is 5.17. The van der Waals surface area contributed by atoms with Crippen LogP contribution in [-0.4, -0.2) is 12.4 Å². The summed E-state index contributed by atoms with van der Waals surface area (Å²) >= 11 is 0. The molecular formula is C20H20N3O+. The molecule has 24 heavy (non-hydrogen) atoms. The van der Waals surface area contributed by atoms with Crippen LogP contribution in [0.1, 0.15) is 12.5 Å². The Kier molecular flexibility index (Phi) is 5.20. The van der Waals surface area contributed by atoms with Gasteiger partial charge < -0.3 is 10.1 Å². The molecule has 120 valence electrons. The van der Waals surface area contributed by atoms with Crippen LogP contribution in [-0.2, 0) is 0 Å². The van der Waals surface area contributed by atoms with Crippen molar-refractivity contribution < 1.29 is 9.72 Å². The molecule has 0 atom stereocenters.